The number of amides is 2. The van der Waals surface area contributed by atoms with Crippen molar-refractivity contribution in [1.82, 2.24) is 5.48 Å². The van der Waals surface area contributed by atoms with Crippen LogP contribution in [0.25, 0.3) is 0 Å². The summed E-state index contributed by atoms with van der Waals surface area (Å²) in [4.78, 5) is 16.1. The van der Waals surface area contributed by atoms with Crippen LogP contribution in [-0.4, -0.2) is 26.4 Å². The van der Waals surface area contributed by atoms with Crippen LogP contribution in [-0.2, 0) is 9.57 Å². The first-order valence-corrected chi connectivity index (χ1v) is 5.52. The average molecular weight is 279 g/mol. The Morgan fingerprint density at radius 1 is 1.29 bits per heavy atom. The van der Waals surface area contributed by atoms with Crippen molar-refractivity contribution < 1.29 is 14.4 Å². The molecule has 1 aromatic carbocycles. The zero-order valence-corrected chi connectivity index (χ0v) is 10.6. The number of urea groups is 1. The molecular formula is C10H12Cl2N2O3. The van der Waals surface area contributed by atoms with Gasteiger partial charge in [0.15, 0.2) is 0 Å². The highest BCUT2D eigenvalue weighted by molar-refractivity contribution is 6.42. The molecule has 0 aliphatic carbocycles. The quantitative estimate of drug-likeness (QED) is 0.643. The van der Waals surface area contributed by atoms with Crippen LogP contribution >= 0.6 is 23.2 Å². The maximum atomic E-state index is 11.3. The molecule has 0 atom stereocenters. The molecule has 0 aromatic heterocycles. The fraction of sp³-hybridized carbons (Fsp3) is 0.300. The second kappa shape index (κ2) is 7.34. The van der Waals surface area contributed by atoms with E-state index >= 15 is 0 Å². The van der Waals surface area contributed by atoms with E-state index in [-0.39, 0.29) is 6.61 Å². The molecule has 1 rings (SSSR count). The first kappa shape index (κ1) is 14.1. The van der Waals surface area contributed by atoms with Crippen LogP contribution < -0.4 is 10.8 Å². The third-order valence-corrected chi connectivity index (χ3v) is 2.47. The van der Waals surface area contributed by atoms with E-state index in [4.69, 9.17) is 32.8 Å². The zero-order chi connectivity index (χ0) is 12.7. The Labute approximate surface area is 109 Å². The number of nitrogens with one attached hydrogen (secondary N) is 2. The van der Waals surface area contributed by atoms with Crippen molar-refractivity contribution in [3.8, 4) is 0 Å². The Morgan fingerprint density at radius 3 is 2.71 bits per heavy atom. The number of carbonyl (C=O) groups excluding carboxylic acids is 1. The van der Waals surface area contributed by atoms with E-state index in [1.165, 1.54) is 0 Å². The second-order valence-electron chi connectivity index (χ2n) is 3.03. The molecule has 0 bridgehead atoms. The van der Waals surface area contributed by atoms with E-state index in [0.717, 1.165) is 0 Å². The molecule has 5 nitrogen and oxygen atoms in total. The van der Waals surface area contributed by atoms with Crippen LogP contribution in [0.15, 0.2) is 18.2 Å². The van der Waals surface area contributed by atoms with Crippen molar-refractivity contribution in [2.45, 2.75) is 0 Å². The smallest absolute Gasteiger partial charge is 0.343 e. The van der Waals surface area contributed by atoms with Crippen LogP contribution in [0.1, 0.15) is 0 Å². The first-order valence-electron chi connectivity index (χ1n) is 4.76. The molecule has 0 unspecified atom stereocenters. The van der Waals surface area contributed by atoms with E-state index < -0.39 is 6.03 Å². The SMILES string of the molecule is COCCONC(=O)Nc1ccc(Cl)c(Cl)c1. The number of carbonyl (C=O) groups is 1. The summed E-state index contributed by atoms with van der Waals surface area (Å²) >= 11 is 11.5. The number of ether oxygens (including phenoxy) is 1. The van der Waals surface area contributed by atoms with Crippen molar-refractivity contribution in [2.24, 2.45) is 0 Å². The minimum atomic E-state index is -0.500. The van der Waals surface area contributed by atoms with Crippen molar-refractivity contribution in [3.63, 3.8) is 0 Å². The summed E-state index contributed by atoms with van der Waals surface area (Å²) in [5.41, 5.74) is 2.71. The van der Waals surface area contributed by atoms with Gasteiger partial charge >= 0.3 is 6.03 Å². The van der Waals surface area contributed by atoms with Crippen molar-refractivity contribution in [3.05, 3.63) is 28.2 Å². The standard InChI is InChI=1S/C10H12Cl2N2O3/c1-16-4-5-17-14-10(15)13-7-2-3-8(11)9(12)6-7/h2-3,6H,4-5H2,1H3,(H2,13,14,15). The summed E-state index contributed by atoms with van der Waals surface area (Å²) in [5, 5.41) is 3.32. The molecule has 0 heterocycles. The van der Waals surface area contributed by atoms with Crippen molar-refractivity contribution >= 4 is 34.9 Å². The molecule has 0 saturated heterocycles. The summed E-state index contributed by atoms with van der Waals surface area (Å²) in [5.74, 6) is 0. The molecule has 0 radical (unpaired) electrons. The minimum absolute atomic E-state index is 0.269. The Balaban J connectivity index is 2.37. The monoisotopic (exact) mass is 278 g/mol. The topological polar surface area (TPSA) is 59.6 Å². The Bertz CT molecular complexity index is 388. The molecule has 2 N–H and O–H groups in total. The third-order valence-electron chi connectivity index (χ3n) is 1.73. The van der Waals surface area contributed by atoms with Gasteiger partial charge in [-0.2, -0.15) is 0 Å². The predicted octanol–water partition coefficient (Wildman–Crippen LogP) is 2.69. The van der Waals surface area contributed by atoms with E-state index in [0.29, 0.717) is 22.3 Å². The van der Waals surface area contributed by atoms with Crippen molar-refractivity contribution in [2.75, 3.05) is 25.6 Å². The van der Waals surface area contributed by atoms with Crippen LogP contribution in [0, 0.1) is 0 Å². The highest BCUT2D eigenvalue weighted by Gasteiger charge is 2.03. The van der Waals surface area contributed by atoms with Gasteiger partial charge in [-0.1, -0.05) is 23.2 Å². The number of hydrogen-bond acceptors (Lipinski definition) is 3. The molecule has 0 spiro atoms. The van der Waals surface area contributed by atoms with Crippen LogP contribution in [0.3, 0.4) is 0 Å². The van der Waals surface area contributed by atoms with Gasteiger partial charge in [0.25, 0.3) is 0 Å². The lowest BCUT2D eigenvalue weighted by Crippen LogP contribution is -2.30. The lowest BCUT2D eigenvalue weighted by atomic mass is 10.3. The summed E-state index contributed by atoms with van der Waals surface area (Å²) in [6.45, 7) is 0.665. The van der Waals surface area contributed by atoms with Gasteiger partial charge < -0.3 is 10.1 Å². The number of methoxy groups -OCH3 is 1. The highest BCUT2D eigenvalue weighted by atomic mass is 35.5. The van der Waals surface area contributed by atoms with Crippen LogP contribution in [0.4, 0.5) is 10.5 Å². The molecule has 94 valence electrons. The van der Waals surface area contributed by atoms with E-state index in [1.807, 2.05) is 0 Å². The average Bonchev–Trinajstić information content (AvgIpc) is 2.30. The molecule has 0 aliphatic heterocycles. The molecule has 1 aromatic rings. The number of hydrogen-bond donors (Lipinski definition) is 2. The fourth-order valence-electron chi connectivity index (χ4n) is 0.972. The maximum Gasteiger partial charge on any atom is 0.343 e. The van der Waals surface area contributed by atoms with Crippen LogP contribution in [0.5, 0.6) is 0 Å². The Kier molecular flexibility index (Phi) is 6.07. The van der Waals surface area contributed by atoms with Gasteiger partial charge in [-0.25, -0.2) is 10.3 Å². The number of anilines is 1. The fourth-order valence-corrected chi connectivity index (χ4v) is 1.27. The molecule has 0 fully saturated rings. The van der Waals surface area contributed by atoms with Gasteiger partial charge in [-0.15, -0.1) is 0 Å². The summed E-state index contributed by atoms with van der Waals surface area (Å²) in [6, 6.07) is 4.26. The third kappa shape index (κ3) is 5.23. The molecule has 2 amide bonds. The van der Waals surface area contributed by atoms with Crippen LogP contribution in [0.2, 0.25) is 10.0 Å². The summed E-state index contributed by atoms with van der Waals surface area (Å²) in [6.07, 6.45) is 0. The molecule has 0 aliphatic rings. The second-order valence-corrected chi connectivity index (χ2v) is 3.84. The van der Waals surface area contributed by atoms with E-state index in [2.05, 4.69) is 10.8 Å². The summed E-state index contributed by atoms with van der Waals surface area (Å²) < 4.78 is 4.74. The number of halogens is 2. The zero-order valence-electron chi connectivity index (χ0n) is 9.13. The van der Waals surface area contributed by atoms with Crippen molar-refractivity contribution in [1.29, 1.82) is 0 Å². The predicted molar refractivity (Wildman–Crippen MR) is 66.4 cm³/mol. The Morgan fingerprint density at radius 2 is 2.06 bits per heavy atom. The van der Waals surface area contributed by atoms with Gasteiger partial charge in [-0.05, 0) is 18.2 Å². The largest absolute Gasteiger partial charge is 0.382 e. The van der Waals surface area contributed by atoms with Gasteiger partial charge in [0.2, 0.25) is 0 Å². The first-order chi connectivity index (χ1) is 8.13. The number of hydroxylamine groups is 1. The number of rotatable bonds is 5. The minimum Gasteiger partial charge on any atom is -0.382 e. The van der Waals surface area contributed by atoms with Gasteiger partial charge in [-0.3, -0.25) is 4.84 Å². The lowest BCUT2D eigenvalue weighted by Gasteiger charge is -2.08. The normalized spacial score (nSPS) is 10.1. The molecule has 0 saturated carbocycles. The highest BCUT2D eigenvalue weighted by Crippen LogP contribution is 2.24. The van der Waals surface area contributed by atoms with Gasteiger partial charge in [0.05, 0.1) is 23.3 Å². The van der Waals surface area contributed by atoms with E-state index in [1.54, 1.807) is 25.3 Å². The summed E-state index contributed by atoms with van der Waals surface area (Å²) in [7, 11) is 1.54. The van der Waals surface area contributed by atoms with Gasteiger partial charge in [0, 0.05) is 12.8 Å². The Hall–Kier alpha value is -1.01. The number of benzene rings is 1. The molecule has 17 heavy (non-hydrogen) atoms. The maximum absolute atomic E-state index is 11.3. The molecular weight excluding hydrogens is 267 g/mol. The molecule has 7 heteroatoms. The van der Waals surface area contributed by atoms with Gasteiger partial charge in [0.1, 0.15) is 0 Å². The van der Waals surface area contributed by atoms with E-state index in [9.17, 15) is 4.79 Å². The lowest BCUT2D eigenvalue weighted by molar-refractivity contribution is 0.0272.